The van der Waals surface area contributed by atoms with Crippen molar-refractivity contribution in [2.24, 2.45) is 0 Å². The van der Waals surface area contributed by atoms with Gasteiger partial charge < -0.3 is 24.4 Å². The van der Waals surface area contributed by atoms with Crippen LogP contribution < -0.4 is 19.7 Å². The van der Waals surface area contributed by atoms with Gasteiger partial charge in [0.05, 0.1) is 12.2 Å². The maximum Gasteiger partial charge on any atom is 0.252 e. The Morgan fingerprint density at radius 2 is 2.04 bits per heavy atom. The summed E-state index contributed by atoms with van der Waals surface area (Å²) in [5, 5.41) is 2.93. The number of carbonyl (C=O) groups excluding carboxylic acids is 1. The molecule has 1 N–H and O–H groups in total. The predicted molar refractivity (Wildman–Crippen MR) is 105 cm³/mol. The maximum atomic E-state index is 12.4. The quantitative estimate of drug-likeness (QED) is 0.854. The lowest BCUT2D eigenvalue weighted by atomic mass is 10.2. The lowest BCUT2D eigenvalue weighted by molar-refractivity contribution is 0.0812. The molecule has 7 heteroatoms. The summed E-state index contributed by atoms with van der Waals surface area (Å²) in [4.78, 5) is 19.0. The molecule has 0 radical (unpaired) electrons. The third-order valence-electron chi connectivity index (χ3n) is 4.88. The number of rotatable bonds is 5. The minimum Gasteiger partial charge on any atom is -0.486 e. The number of fused-ring (bicyclic) bond motifs is 1. The zero-order valence-corrected chi connectivity index (χ0v) is 15.8. The summed E-state index contributed by atoms with van der Waals surface area (Å²) in [6.45, 7) is 4.25. The van der Waals surface area contributed by atoms with Crippen LogP contribution in [-0.4, -0.2) is 56.5 Å². The molecule has 1 saturated heterocycles. The van der Waals surface area contributed by atoms with E-state index in [0.717, 1.165) is 43.4 Å². The number of carbonyl (C=O) groups is 1. The topological polar surface area (TPSA) is 72.9 Å². The van der Waals surface area contributed by atoms with Crippen LogP contribution in [0.15, 0.2) is 42.6 Å². The molecule has 2 aromatic rings. The third kappa shape index (κ3) is 4.54. The summed E-state index contributed by atoms with van der Waals surface area (Å²) in [6, 6.07) is 11.3. The van der Waals surface area contributed by atoms with Crippen LogP contribution in [0.3, 0.4) is 0 Å². The highest BCUT2D eigenvalue weighted by Gasteiger charge is 2.20. The largest absolute Gasteiger partial charge is 0.486 e. The molecule has 4 rings (SSSR count). The Bertz CT molecular complexity index is 788. The fourth-order valence-electron chi connectivity index (χ4n) is 3.34. The van der Waals surface area contributed by atoms with E-state index in [1.165, 1.54) is 0 Å². The van der Waals surface area contributed by atoms with E-state index >= 15 is 0 Å². The number of hydrogen-bond donors (Lipinski definition) is 1. The fraction of sp³-hybridized carbons (Fsp3) is 0.429. The first-order chi connectivity index (χ1) is 13.8. The zero-order chi connectivity index (χ0) is 19.2. The molecule has 0 aliphatic carbocycles. The molecule has 0 spiro atoms. The first kappa shape index (κ1) is 18.6. The van der Waals surface area contributed by atoms with Crippen molar-refractivity contribution in [3.63, 3.8) is 0 Å². The molecule has 1 atom stereocenters. The highest BCUT2D eigenvalue weighted by Crippen LogP contribution is 2.31. The fourth-order valence-corrected chi connectivity index (χ4v) is 3.34. The Kier molecular flexibility index (Phi) is 5.92. The van der Waals surface area contributed by atoms with Crippen LogP contribution in [0.5, 0.6) is 11.5 Å². The van der Waals surface area contributed by atoms with Crippen molar-refractivity contribution in [1.82, 2.24) is 10.3 Å². The van der Waals surface area contributed by atoms with E-state index in [-0.39, 0.29) is 12.0 Å². The Labute approximate surface area is 164 Å². The lowest BCUT2D eigenvalue weighted by Crippen LogP contribution is -2.34. The van der Waals surface area contributed by atoms with Crippen molar-refractivity contribution in [3.8, 4) is 11.5 Å². The van der Waals surface area contributed by atoms with Crippen LogP contribution in [0, 0.1) is 0 Å². The summed E-state index contributed by atoms with van der Waals surface area (Å²) < 4.78 is 17.1. The standard InChI is InChI=1S/C21H25N3O4/c25-21(16-6-7-20(23-14-16)24-10-3-12-26-13-11-24)22-9-8-17-15-27-18-4-1-2-5-19(18)28-17/h1-2,4-7,14,17H,3,8-13,15H2,(H,22,25)/t17-/m1/s1. The van der Waals surface area contributed by atoms with Gasteiger partial charge in [0.15, 0.2) is 11.5 Å². The number of pyridine rings is 1. The Morgan fingerprint density at radius 3 is 2.89 bits per heavy atom. The second-order valence-electron chi connectivity index (χ2n) is 6.90. The number of benzene rings is 1. The van der Waals surface area contributed by atoms with Crippen LogP contribution in [0.2, 0.25) is 0 Å². The third-order valence-corrected chi connectivity index (χ3v) is 4.88. The summed E-state index contributed by atoms with van der Waals surface area (Å²) >= 11 is 0. The van der Waals surface area contributed by atoms with Crippen molar-refractivity contribution in [1.29, 1.82) is 0 Å². The SMILES string of the molecule is O=C(NCC[C@@H]1COc2ccccc2O1)c1ccc(N2CCCOCC2)nc1. The summed E-state index contributed by atoms with van der Waals surface area (Å²) in [7, 11) is 0. The Hall–Kier alpha value is -2.80. The molecule has 0 unspecified atom stereocenters. The normalized spacial score (nSPS) is 19.0. The van der Waals surface area contributed by atoms with Crippen molar-refractivity contribution >= 4 is 11.7 Å². The van der Waals surface area contributed by atoms with E-state index in [2.05, 4.69) is 15.2 Å². The highest BCUT2D eigenvalue weighted by molar-refractivity contribution is 5.94. The maximum absolute atomic E-state index is 12.4. The summed E-state index contributed by atoms with van der Waals surface area (Å²) in [5.41, 5.74) is 0.556. The van der Waals surface area contributed by atoms with Gasteiger partial charge in [-0.3, -0.25) is 4.79 Å². The van der Waals surface area contributed by atoms with Crippen LogP contribution >= 0.6 is 0 Å². The monoisotopic (exact) mass is 383 g/mol. The van der Waals surface area contributed by atoms with Gasteiger partial charge in [-0.1, -0.05) is 12.1 Å². The van der Waals surface area contributed by atoms with Gasteiger partial charge in [-0.05, 0) is 30.7 Å². The van der Waals surface area contributed by atoms with E-state index in [4.69, 9.17) is 14.2 Å². The Morgan fingerprint density at radius 1 is 1.14 bits per heavy atom. The van der Waals surface area contributed by atoms with Crippen molar-refractivity contribution in [2.75, 3.05) is 44.4 Å². The van der Waals surface area contributed by atoms with Gasteiger partial charge >= 0.3 is 0 Å². The van der Waals surface area contributed by atoms with Gasteiger partial charge in [-0.2, -0.15) is 0 Å². The number of amides is 1. The van der Waals surface area contributed by atoms with Gasteiger partial charge in [0.2, 0.25) is 0 Å². The minimum atomic E-state index is -0.129. The summed E-state index contributed by atoms with van der Waals surface area (Å²) in [6.07, 6.45) is 3.23. The zero-order valence-electron chi connectivity index (χ0n) is 15.8. The molecule has 1 fully saturated rings. The van der Waals surface area contributed by atoms with E-state index in [0.29, 0.717) is 31.7 Å². The molecule has 148 valence electrons. The van der Waals surface area contributed by atoms with Crippen molar-refractivity contribution < 1.29 is 19.0 Å². The van der Waals surface area contributed by atoms with Crippen molar-refractivity contribution in [3.05, 3.63) is 48.2 Å². The number of nitrogens with one attached hydrogen (secondary N) is 1. The average Bonchev–Trinajstić information content (AvgIpc) is 3.03. The first-order valence-corrected chi connectivity index (χ1v) is 9.75. The van der Waals surface area contributed by atoms with Gasteiger partial charge in [0, 0.05) is 38.9 Å². The number of para-hydroxylation sites is 2. The lowest BCUT2D eigenvalue weighted by Gasteiger charge is -2.26. The number of aromatic nitrogens is 1. The number of hydrogen-bond acceptors (Lipinski definition) is 6. The first-order valence-electron chi connectivity index (χ1n) is 9.75. The van der Waals surface area contributed by atoms with Gasteiger partial charge in [-0.15, -0.1) is 0 Å². The Balaban J connectivity index is 1.25. The van der Waals surface area contributed by atoms with Crippen LogP contribution in [0.25, 0.3) is 0 Å². The molecule has 1 amide bonds. The summed E-state index contributed by atoms with van der Waals surface area (Å²) in [5.74, 6) is 2.28. The van der Waals surface area contributed by atoms with Crippen LogP contribution in [-0.2, 0) is 4.74 Å². The highest BCUT2D eigenvalue weighted by atomic mass is 16.6. The number of nitrogens with zero attached hydrogens (tertiary/aromatic N) is 2. The number of anilines is 1. The molecular weight excluding hydrogens is 358 g/mol. The molecular formula is C21H25N3O4. The second-order valence-corrected chi connectivity index (χ2v) is 6.90. The van der Waals surface area contributed by atoms with Crippen LogP contribution in [0.4, 0.5) is 5.82 Å². The molecule has 0 bridgehead atoms. The molecule has 2 aliphatic heterocycles. The van der Waals surface area contributed by atoms with E-state index < -0.39 is 0 Å². The van der Waals surface area contributed by atoms with E-state index in [9.17, 15) is 4.79 Å². The molecule has 1 aromatic heterocycles. The van der Waals surface area contributed by atoms with Crippen molar-refractivity contribution in [2.45, 2.75) is 18.9 Å². The molecule has 1 aromatic carbocycles. The molecule has 7 nitrogen and oxygen atoms in total. The molecule has 0 saturated carbocycles. The number of ether oxygens (including phenoxy) is 3. The van der Waals surface area contributed by atoms with Gasteiger partial charge in [0.1, 0.15) is 18.5 Å². The molecule has 3 heterocycles. The van der Waals surface area contributed by atoms with Crippen LogP contribution in [0.1, 0.15) is 23.2 Å². The predicted octanol–water partition coefficient (Wildman–Crippen LogP) is 2.27. The average molecular weight is 383 g/mol. The van der Waals surface area contributed by atoms with Gasteiger partial charge in [0.25, 0.3) is 5.91 Å². The minimum absolute atomic E-state index is 0.0686. The van der Waals surface area contributed by atoms with E-state index in [1.807, 2.05) is 36.4 Å². The molecule has 2 aliphatic rings. The smallest absolute Gasteiger partial charge is 0.252 e. The van der Waals surface area contributed by atoms with E-state index in [1.54, 1.807) is 6.20 Å². The van der Waals surface area contributed by atoms with Gasteiger partial charge in [-0.25, -0.2) is 4.98 Å². The molecule has 28 heavy (non-hydrogen) atoms. The second kappa shape index (κ2) is 8.93.